The van der Waals surface area contributed by atoms with E-state index in [1.54, 1.807) is 0 Å². The molecule has 7 heteroatoms. The van der Waals surface area contributed by atoms with Crippen molar-refractivity contribution in [2.75, 3.05) is 6.26 Å². The van der Waals surface area contributed by atoms with Crippen LogP contribution in [-0.4, -0.2) is 25.4 Å². The largest absolute Gasteiger partial charge is 0.325 e. The first kappa shape index (κ1) is 13.1. The number of nitrogens with zero attached hydrogens (tertiary/aromatic N) is 1. The fourth-order valence-electron chi connectivity index (χ4n) is 1.59. The highest BCUT2D eigenvalue weighted by Gasteiger charge is 2.25. The first-order valence-electron chi connectivity index (χ1n) is 4.58. The van der Waals surface area contributed by atoms with E-state index in [2.05, 4.69) is 4.98 Å². The quantitative estimate of drug-likeness (QED) is 0.756. The maximum atomic E-state index is 11.6. The second-order valence-electron chi connectivity index (χ2n) is 3.60. The van der Waals surface area contributed by atoms with E-state index in [1.165, 1.54) is 19.9 Å². The summed E-state index contributed by atoms with van der Waals surface area (Å²) < 4.78 is 23.2. The number of nitrogens with one attached hydrogen (secondary N) is 1. The minimum atomic E-state index is -3.83. The van der Waals surface area contributed by atoms with Gasteiger partial charge in [0.1, 0.15) is 16.5 Å². The lowest BCUT2D eigenvalue weighted by Crippen LogP contribution is -2.22. The Morgan fingerprint density at radius 1 is 1.41 bits per heavy atom. The number of pyridine rings is 1. The Hall–Kier alpha value is -1.94. The highest BCUT2D eigenvalue weighted by Crippen LogP contribution is 2.20. The molecule has 1 N–H and O–H groups in total. The van der Waals surface area contributed by atoms with Crippen LogP contribution in [0.4, 0.5) is 0 Å². The molecule has 0 unspecified atom stereocenters. The van der Waals surface area contributed by atoms with Gasteiger partial charge in [-0.15, -0.1) is 0 Å². The van der Waals surface area contributed by atoms with Gasteiger partial charge in [0.15, 0.2) is 15.6 Å². The highest BCUT2D eigenvalue weighted by atomic mass is 32.2. The SMILES string of the molecule is CC(=O)c1c(C)[nH]c(=O)c(C#N)c1S(C)(=O)=O. The Morgan fingerprint density at radius 2 is 1.94 bits per heavy atom. The van der Waals surface area contributed by atoms with Crippen LogP contribution in [0, 0.1) is 18.3 Å². The van der Waals surface area contributed by atoms with Gasteiger partial charge in [-0.3, -0.25) is 9.59 Å². The van der Waals surface area contributed by atoms with Crippen molar-refractivity contribution in [2.45, 2.75) is 18.7 Å². The van der Waals surface area contributed by atoms with Crippen molar-refractivity contribution < 1.29 is 13.2 Å². The van der Waals surface area contributed by atoms with Gasteiger partial charge in [-0.2, -0.15) is 5.26 Å². The topological polar surface area (TPSA) is 108 Å². The smallest absolute Gasteiger partial charge is 0.267 e. The standard InChI is InChI=1S/C10H10N2O4S/c1-5-8(6(2)13)9(17(3,15)16)7(4-11)10(14)12-5/h1-3H3,(H,12,14). The van der Waals surface area contributed by atoms with Gasteiger partial charge in [0.2, 0.25) is 0 Å². The average molecular weight is 254 g/mol. The summed E-state index contributed by atoms with van der Waals surface area (Å²) in [4.78, 5) is 24.7. The Morgan fingerprint density at radius 3 is 2.29 bits per heavy atom. The Balaban J connectivity index is 4.06. The highest BCUT2D eigenvalue weighted by molar-refractivity contribution is 7.90. The number of nitriles is 1. The van der Waals surface area contributed by atoms with Gasteiger partial charge in [-0.1, -0.05) is 0 Å². The van der Waals surface area contributed by atoms with Crippen molar-refractivity contribution in [3.63, 3.8) is 0 Å². The van der Waals surface area contributed by atoms with Crippen molar-refractivity contribution in [1.29, 1.82) is 5.26 Å². The van der Waals surface area contributed by atoms with Gasteiger partial charge < -0.3 is 4.98 Å². The zero-order valence-corrected chi connectivity index (χ0v) is 10.3. The Bertz CT molecular complexity index is 692. The lowest BCUT2D eigenvalue weighted by Gasteiger charge is -2.09. The number of aromatic nitrogens is 1. The number of aromatic amines is 1. The van der Waals surface area contributed by atoms with E-state index < -0.39 is 31.6 Å². The van der Waals surface area contributed by atoms with Crippen LogP contribution in [0.2, 0.25) is 0 Å². The van der Waals surface area contributed by atoms with Crippen molar-refractivity contribution in [3.05, 3.63) is 27.2 Å². The van der Waals surface area contributed by atoms with Crippen molar-refractivity contribution in [1.82, 2.24) is 4.98 Å². The number of carbonyl (C=O) groups is 1. The van der Waals surface area contributed by atoms with Crippen molar-refractivity contribution in [3.8, 4) is 6.07 Å². The van der Waals surface area contributed by atoms with E-state index in [0.717, 1.165) is 6.26 Å². The molecule has 17 heavy (non-hydrogen) atoms. The second-order valence-corrected chi connectivity index (χ2v) is 5.55. The molecule has 0 spiro atoms. The molecule has 0 atom stereocenters. The van der Waals surface area contributed by atoms with E-state index >= 15 is 0 Å². The summed E-state index contributed by atoms with van der Waals surface area (Å²) in [7, 11) is -3.83. The zero-order chi connectivity index (χ0) is 13.4. The van der Waals surface area contributed by atoms with Crippen LogP contribution in [-0.2, 0) is 9.84 Å². The molecular weight excluding hydrogens is 244 g/mol. The second kappa shape index (κ2) is 4.14. The van der Waals surface area contributed by atoms with Crippen LogP contribution >= 0.6 is 0 Å². The number of carbonyl (C=O) groups excluding carboxylic acids is 1. The van der Waals surface area contributed by atoms with E-state index in [0.29, 0.717) is 0 Å². The minimum Gasteiger partial charge on any atom is -0.325 e. The van der Waals surface area contributed by atoms with Gasteiger partial charge in [0.05, 0.1) is 5.56 Å². The van der Waals surface area contributed by atoms with Gasteiger partial charge in [-0.05, 0) is 13.8 Å². The van der Waals surface area contributed by atoms with Crippen molar-refractivity contribution in [2.24, 2.45) is 0 Å². The maximum absolute atomic E-state index is 11.6. The summed E-state index contributed by atoms with van der Waals surface area (Å²) >= 11 is 0. The van der Waals surface area contributed by atoms with Crippen LogP contribution in [0.25, 0.3) is 0 Å². The van der Waals surface area contributed by atoms with E-state index in [4.69, 9.17) is 5.26 Å². The zero-order valence-electron chi connectivity index (χ0n) is 9.49. The molecule has 0 fully saturated rings. The molecule has 0 aliphatic heterocycles. The number of hydrogen-bond donors (Lipinski definition) is 1. The van der Waals surface area contributed by atoms with Gasteiger partial charge in [-0.25, -0.2) is 8.42 Å². The van der Waals surface area contributed by atoms with Crippen molar-refractivity contribution >= 4 is 15.6 Å². The van der Waals surface area contributed by atoms with Gasteiger partial charge in [0, 0.05) is 11.9 Å². The fraction of sp³-hybridized carbons (Fsp3) is 0.300. The third kappa shape index (κ3) is 2.26. The van der Waals surface area contributed by atoms with E-state index in [-0.39, 0.29) is 11.3 Å². The van der Waals surface area contributed by atoms with Crippen LogP contribution in [0.1, 0.15) is 28.5 Å². The predicted octanol–water partition coefficient (Wildman–Crippen LogP) is 0.161. The molecule has 0 aliphatic carbocycles. The number of rotatable bonds is 2. The molecule has 1 aromatic rings. The number of H-pyrrole nitrogens is 1. The fourth-order valence-corrected chi connectivity index (χ4v) is 2.77. The number of hydrogen-bond acceptors (Lipinski definition) is 5. The lowest BCUT2D eigenvalue weighted by molar-refractivity contribution is 0.101. The molecule has 90 valence electrons. The van der Waals surface area contributed by atoms with Crippen LogP contribution < -0.4 is 5.56 Å². The minimum absolute atomic E-state index is 0.136. The molecular formula is C10H10N2O4S. The van der Waals surface area contributed by atoms with E-state index in [9.17, 15) is 18.0 Å². The molecule has 1 aromatic heterocycles. The number of ketones is 1. The van der Waals surface area contributed by atoms with Crippen LogP contribution in [0.3, 0.4) is 0 Å². The third-order valence-electron chi connectivity index (χ3n) is 2.19. The summed E-state index contributed by atoms with van der Waals surface area (Å²) in [5.41, 5.74) is -1.36. The summed E-state index contributed by atoms with van der Waals surface area (Å²) in [6.07, 6.45) is 0.856. The molecule has 0 bridgehead atoms. The summed E-state index contributed by atoms with van der Waals surface area (Å²) in [5.74, 6) is -0.518. The van der Waals surface area contributed by atoms with Gasteiger partial charge >= 0.3 is 0 Å². The third-order valence-corrected chi connectivity index (χ3v) is 3.34. The monoisotopic (exact) mass is 254 g/mol. The summed E-state index contributed by atoms with van der Waals surface area (Å²) in [5, 5.41) is 8.81. The molecule has 1 heterocycles. The molecule has 1 rings (SSSR count). The molecule has 0 radical (unpaired) electrons. The number of Topliss-reactive ketones (excluding diaryl/α,β-unsaturated/α-hetero) is 1. The normalized spacial score (nSPS) is 10.9. The average Bonchev–Trinajstić information content (AvgIpc) is 2.14. The molecule has 0 amide bonds. The molecule has 0 aliphatic rings. The Kier molecular flexibility index (Phi) is 3.20. The number of sulfone groups is 1. The molecule has 0 saturated heterocycles. The first-order chi connectivity index (χ1) is 7.70. The molecule has 6 nitrogen and oxygen atoms in total. The first-order valence-corrected chi connectivity index (χ1v) is 6.47. The Labute approximate surface area is 97.8 Å². The summed E-state index contributed by atoms with van der Waals surface area (Å²) in [6.45, 7) is 2.59. The van der Waals surface area contributed by atoms with Gasteiger partial charge in [0.25, 0.3) is 5.56 Å². The predicted molar refractivity (Wildman–Crippen MR) is 59.6 cm³/mol. The number of aryl methyl sites for hydroxylation is 1. The molecule has 0 saturated carbocycles. The summed E-state index contributed by atoms with van der Waals surface area (Å²) in [6, 6.07) is 1.52. The lowest BCUT2D eigenvalue weighted by atomic mass is 10.1. The molecule has 0 aromatic carbocycles. The van der Waals surface area contributed by atoms with E-state index in [1.807, 2.05) is 0 Å². The van der Waals surface area contributed by atoms with Crippen LogP contribution in [0.15, 0.2) is 9.69 Å². The maximum Gasteiger partial charge on any atom is 0.267 e. The van der Waals surface area contributed by atoms with Crippen LogP contribution in [0.5, 0.6) is 0 Å².